The Morgan fingerprint density at radius 3 is 2.95 bits per heavy atom. The second-order valence-corrected chi connectivity index (χ2v) is 6.53. The Bertz CT molecular complexity index is 562. The summed E-state index contributed by atoms with van der Waals surface area (Å²) in [6.45, 7) is 0. The van der Waals surface area contributed by atoms with Gasteiger partial charge in [-0.1, -0.05) is 46.4 Å². The molecule has 0 aliphatic heterocycles. The lowest BCUT2D eigenvalue weighted by Crippen LogP contribution is -2.09. The molecule has 20 heavy (non-hydrogen) atoms. The smallest absolute Gasteiger partial charge is 0.338 e. The molecule has 0 aromatic heterocycles. The van der Waals surface area contributed by atoms with Crippen LogP contribution in [-0.2, 0) is 4.74 Å². The SMILES string of the molecule is COC(=O)c1ccccc1C1=C2CCC[C@H]2C[C@H]1CI. The highest BCUT2D eigenvalue weighted by Gasteiger charge is 2.37. The Kier molecular flexibility index (Phi) is 4.15. The van der Waals surface area contributed by atoms with Gasteiger partial charge in [-0.3, -0.25) is 0 Å². The number of esters is 1. The lowest BCUT2D eigenvalue weighted by atomic mass is 9.90. The van der Waals surface area contributed by atoms with Crippen LogP contribution in [0.25, 0.3) is 5.57 Å². The molecule has 3 rings (SSSR count). The van der Waals surface area contributed by atoms with Gasteiger partial charge in [0, 0.05) is 4.43 Å². The van der Waals surface area contributed by atoms with E-state index in [0.29, 0.717) is 5.92 Å². The van der Waals surface area contributed by atoms with Crippen molar-refractivity contribution in [1.29, 1.82) is 0 Å². The summed E-state index contributed by atoms with van der Waals surface area (Å²) < 4.78 is 6.08. The second kappa shape index (κ2) is 5.88. The Hall–Kier alpha value is -0.840. The quantitative estimate of drug-likeness (QED) is 0.438. The highest BCUT2D eigenvalue weighted by Crippen LogP contribution is 2.51. The molecule has 2 atom stereocenters. The summed E-state index contributed by atoms with van der Waals surface area (Å²) in [4.78, 5) is 12.0. The Morgan fingerprint density at radius 1 is 1.40 bits per heavy atom. The highest BCUT2D eigenvalue weighted by molar-refractivity contribution is 14.1. The van der Waals surface area contributed by atoms with Crippen LogP contribution in [0.2, 0.25) is 0 Å². The van der Waals surface area contributed by atoms with Crippen LogP contribution in [0.1, 0.15) is 41.6 Å². The van der Waals surface area contributed by atoms with Crippen molar-refractivity contribution >= 4 is 34.1 Å². The largest absolute Gasteiger partial charge is 0.465 e. The third-order valence-electron chi connectivity index (χ3n) is 4.62. The standard InChI is InChI=1S/C17H19IO2/c1-20-17(19)15-7-3-2-6-14(15)16-12(10-18)9-11-5-4-8-13(11)16/h2-3,6-7,11-12H,4-5,8-10H2,1H3/t11-,12-/m0/s1. The first kappa shape index (κ1) is 14.1. The zero-order chi connectivity index (χ0) is 14.1. The van der Waals surface area contributed by atoms with Gasteiger partial charge < -0.3 is 4.74 Å². The second-order valence-electron chi connectivity index (χ2n) is 5.65. The summed E-state index contributed by atoms with van der Waals surface area (Å²) in [5, 5.41) is 0. The molecule has 0 N–H and O–H groups in total. The Morgan fingerprint density at radius 2 is 2.20 bits per heavy atom. The van der Waals surface area contributed by atoms with E-state index < -0.39 is 0 Å². The minimum absolute atomic E-state index is 0.220. The van der Waals surface area contributed by atoms with Crippen LogP contribution in [0.3, 0.4) is 0 Å². The molecule has 1 fully saturated rings. The number of methoxy groups -OCH3 is 1. The molecule has 0 heterocycles. The number of fused-ring (bicyclic) bond motifs is 1. The summed E-state index contributed by atoms with van der Waals surface area (Å²) in [5.74, 6) is 1.14. The third-order valence-corrected chi connectivity index (χ3v) is 5.69. The fourth-order valence-electron chi connectivity index (χ4n) is 3.79. The molecule has 0 saturated heterocycles. The minimum Gasteiger partial charge on any atom is -0.465 e. The maximum absolute atomic E-state index is 12.0. The van der Waals surface area contributed by atoms with Crippen molar-refractivity contribution in [1.82, 2.24) is 0 Å². The van der Waals surface area contributed by atoms with Gasteiger partial charge in [0.15, 0.2) is 0 Å². The number of rotatable bonds is 3. The number of benzene rings is 1. The maximum Gasteiger partial charge on any atom is 0.338 e. The first-order valence-electron chi connectivity index (χ1n) is 7.23. The van der Waals surface area contributed by atoms with Gasteiger partial charge in [-0.2, -0.15) is 0 Å². The fourth-order valence-corrected chi connectivity index (χ4v) is 4.59. The summed E-state index contributed by atoms with van der Waals surface area (Å²) in [6, 6.07) is 7.93. The number of halogens is 1. The summed E-state index contributed by atoms with van der Waals surface area (Å²) >= 11 is 2.48. The van der Waals surface area contributed by atoms with Crippen molar-refractivity contribution in [2.24, 2.45) is 11.8 Å². The summed E-state index contributed by atoms with van der Waals surface area (Å²) in [6.07, 6.45) is 5.11. The van der Waals surface area contributed by atoms with E-state index in [-0.39, 0.29) is 5.97 Å². The average molecular weight is 382 g/mol. The number of ether oxygens (including phenoxy) is 1. The summed E-state index contributed by atoms with van der Waals surface area (Å²) in [5.41, 5.74) is 4.89. The van der Waals surface area contributed by atoms with E-state index in [4.69, 9.17) is 4.74 Å². The number of hydrogen-bond donors (Lipinski definition) is 0. The Labute approximate surface area is 133 Å². The normalized spacial score (nSPS) is 24.9. The van der Waals surface area contributed by atoms with Gasteiger partial charge in [0.2, 0.25) is 0 Å². The van der Waals surface area contributed by atoms with Crippen LogP contribution in [0.15, 0.2) is 29.8 Å². The van der Waals surface area contributed by atoms with Crippen LogP contribution in [0, 0.1) is 11.8 Å². The molecule has 2 aliphatic rings. The van der Waals surface area contributed by atoms with E-state index in [1.165, 1.54) is 38.4 Å². The van der Waals surface area contributed by atoms with Gasteiger partial charge in [-0.25, -0.2) is 4.79 Å². The predicted octanol–water partition coefficient (Wildman–Crippen LogP) is 4.48. The first-order valence-corrected chi connectivity index (χ1v) is 8.75. The van der Waals surface area contributed by atoms with Gasteiger partial charge >= 0.3 is 5.97 Å². The molecule has 0 radical (unpaired) electrons. The van der Waals surface area contributed by atoms with E-state index in [1.54, 1.807) is 5.57 Å². The molecule has 2 nitrogen and oxygen atoms in total. The van der Waals surface area contributed by atoms with E-state index in [0.717, 1.165) is 21.5 Å². The molecule has 0 spiro atoms. The molecule has 0 bridgehead atoms. The molecule has 1 aromatic rings. The number of allylic oxidation sites excluding steroid dienone is 2. The Balaban J connectivity index is 2.12. The van der Waals surface area contributed by atoms with Crippen molar-refractivity contribution in [2.45, 2.75) is 25.7 Å². The topological polar surface area (TPSA) is 26.3 Å². The predicted molar refractivity (Wildman–Crippen MR) is 89.0 cm³/mol. The minimum atomic E-state index is -0.220. The first-order chi connectivity index (χ1) is 9.76. The number of carbonyl (C=O) groups excluding carboxylic acids is 1. The zero-order valence-electron chi connectivity index (χ0n) is 11.7. The van der Waals surface area contributed by atoms with Gasteiger partial charge in [0.25, 0.3) is 0 Å². The van der Waals surface area contributed by atoms with Crippen LogP contribution in [-0.4, -0.2) is 17.5 Å². The van der Waals surface area contributed by atoms with Crippen molar-refractivity contribution in [3.8, 4) is 0 Å². The molecular weight excluding hydrogens is 363 g/mol. The van der Waals surface area contributed by atoms with Crippen molar-refractivity contribution < 1.29 is 9.53 Å². The number of alkyl halides is 1. The molecule has 106 valence electrons. The fraction of sp³-hybridized carbons (Fsp3) is 0.471. The zero-order valence-corrected chi connectivity index (χ0v) is 13.9. The lowest BCUT2D eigenvalue weighted by Gasteiger charge is -2.16. The van der Waals surface area contributed by atoms with E-state index >= 15 is 0 Å². The van der Waals surface area contributed by atoms with Gasteiger partial charge in [0.1, 0.15) is 0 Å². The molecule has 1 saturated carbocycles. The van der Waals surface area contributed by atoms with Crippen LogP contribution < -0.4 is 0 Å². The molecule has 1 aromatic carbocycles. The third kappa shape index (κ3) is 2.30. The number of hydrogen-bond acceptors (Lipinski definition) is 2. The maximum atomic E-state index is 12.0. The van der Waals surface area contributed by atoms with E-state index in [9.17, 15) is 4.79 Å². The number of carbonyl (C=O) groups is 1. The van der Waals surface area contributed by atoms with Crippen LogP contribution in [0.4, 0.5) is 0 Å². The highest BCUT2D eigenvalue weighted by atomic mass is 127. The van der Waals surface area contributed by atoms with Crippen molar-refractivity contribution in [2.75, 3.05) is 11.5 Å². The van der Waals surface area contributed by atoms with E-state index in [2.05, 4.69) is 28.7 Å². The van der Waals surface area contributed by atoms with Crippen molar-refractivity contribution in [3.05, 3.63) is 41.0 Å². The van der Waals surface area contributed by atoms with Crippen molar-refractivity contribution in [3.63, 3.8) is 0 Å². The van der Waals surface area contributed by atoms with Gasteiger partial charge in [-0.05, 0) is 54.7 Å². The molecule has 2 aliphatic carbocycles. The monoisotopic (exact) mass is 382 g/mol. The summed E-state index contributed by atoms with van der Waals surface area (Å²) in [7, 11) is 1.46. The molecule has 0 amide bonds. The van der Waals surface area contributed by atoms with Gasteiger partial charge in [-0.15, -0.1) is 0 Å². The lowest BCUT2D eigenvalue weighted by molar-refractivity contribution is 0.0600. The average Bonchev–Trinajstić information content (AvgIpc) is 3.06. The van der Waals surface area contributed by atoms with Crippen LogP contribution >= 0.6 is 22.6 Å². The molecule has 0 unspecified atom stereocenters. The van der Waals surface area contributed by atoms with Crippen LogP contribution in [0.5, 0.6) is 0 Å². The van der Waals surface area contributed by atoms with E-state index in [1.807, 2.05) is 18.2 Å². The molecule has 3 heteroatoms. The molecular formula is C17H19IO2. The van der Waals surface area contributed by atoms with Gasteiger partial charge in [0.05, 0.1) is 12.7 Å².